The van der Waals surface area contributed by atoms with Crippen LogP contribution in [0.25, 0.3) is 0 Å². The molecule has 0 saturated carbocycles. The Balaban J connectivity index is 0.000000135. The Labute approximate surface area is 476 Å². The molecule has 0 atom stereocenters. The molecule has 5 heteroatoms. The molecule has 0 amide bonds. The predicted molar refractivity (Wildman–Crippen MR) is 339 cm³/mol. The second-order valence-electron chi connectivity index (χ2n) is 17.3. The van der Waals surface area contributed by atoms with Gasteiger partial charge in [0, 0.05) is 20.4 Å². The summed E-state index contributed by atoms with van der Waals surface area (Å²) < 4.78 is 0. The molecule has 378 valence electrons. The molecule has 0 nitrogen and oxygen atoms in total. The average Bonchev–Trinajstić information content (AvgIpc) is 3.51. The standard InChI is InChI=1S/3C18H15P.C18H14P.Pd/c4*1-4-10-16(11-5-1)19(17-12-6-2-7-13-17)18-14-8-3-9-15-18;/h3*1-15H;1-14H;/q;;;-1;. The molecular formula is C72H59P4Pd-. The second kappa shape index (κ2) is 31.3. The minimum Gasteiger partial charge on any atom is -0.176 e. The van der Waals surface area contributed by atoms with E-state index in [0.717, 1.165) is 0 Å². The molecule has 12 aromatic rings. The molecule has 0 fully saturated rings. The molecule has 77 heavy (non-hydrogen) atoms. The summed E-state index contributed by atoms with van der Waals surface area (Å²) in [5, 5.41) is 16.6. The van der Waals surface area contributed by atoms with E-state index in [2.05, 4.69) is 352 Å². The van der Waals surface area contributed by atoms with E-state index in [-0.39, 0.29) is 20.4 Å². The van der Waals surface area contributed by atoms with Gasteiger partial charge in [-0.25, -0.2) is 0 Å². The third kappa shape index (κ3) is 16.5. The van der Waals surface area contributed by atoms with Crippen molar-refractivity contribution in [3.05, 3.63) is 364 Å². The summed E-state index contributed by atoms with van der Waals surface area (Å²) in [4.78, 5) is 0. The molecule has 0 aliphatic carbocycles. The molecule has 12 aromatic carbocycles. The molecule has 12 rings (SSSR count). The number of benzene rings is 12. The van der Waals surface area contributed by atoms with Gasteiger partial charge in [-0.15, -0.1) is 5.30 Å². The fraction of sp³-hybridized carbons (Fsp3) is 0. The van der Waals surface area contributed by atoms with Crippen molar-refractivity contribution in [1.82, 2.24) is 0 Å². The van der Waals surface area contributed by atoms with Gasteiger partial charge in [0.05, 0.1) is 0 Å². The molecule has 0 spiro atoms. The van der Waals surface area contributed by atoms with Gasteiger partial charge < -0.3 is 0 Å². The predicted octanol–water partition coefficient (Wildman–Crippen LogP) is 13.6. The van der Waals surface area contributed by atoms with Crippen molar-refractivity contribution in [1.29, 1.82) is 0 Å². The van der Waals surface area contributed by atoms with Gasteiger partial charge in [-0.1, -0.05) is 334 Å². The van der Waals surface area contributed by atoms with Crippen molar-refractivity contribution in [2.24, 2.45) is 0 Å². The van der Waals surface area contributed by atoms with Crippen molar-refractivity contribution in [2.45, 2.75) is 0 Å². The van der Waals surface area contributed by atoms with Gasteiger partial charge in [0.25, 0.3) is 0 Å². The summed E-state index contributed by atoms with van der Waals surface area (Å²) >= 11 is 0. The van der Waals surface area contributed by atoms with Gasteiger partial charge in [0.1, 0.15) is 0 Å². The zero-order valence-electron chi connectivity index (χ0n) is 42.7. The van der Waals surface area contributed by atoms with Crippen LogP contribution in [0.5, 0.6) is 0 Å². The van der Waals surface area contributed by atoms with Gasteiger partial charge in [-0.05, 0) is 90.0 Å². The Hall–Kier alpha value is -6.98. The van der Waals surface area contributed by atoms with Crippen LogP contribution < -0.4 is 63.7 Å². The van der Waals surface area contributed by atoms with Crippen molar-refractivity contribution >= 4 is 95.3 Å². The SMILES string of the molecule is [Pd].[c-]1ccccc1P(c1ccccc1)c1ccccc1.c1ccc(P(c2ccccc2)c2ccccc2)cc1.c1ccc(P(c2ccccc2)c2ccccc2)cc1.c1ccc(P(c2ccccc2)c2ccccc2)cc1. The quantitative estimate of drug-likeness (QED) is 0.0650. The summed E-state index contributed by atoms with van der Waals surface area (Å²) in [6.45, 7) is 0. The molecule has 0 bridgehead atoms. The van der Waals surface area contributed by atoms with E-state index in [1.165, 1.54) is 63.7 Å². The van der Waals surface area contributed by atoms with Gasteiger partial charge in [-0.3, -0.25) is 0 Å². The Kier molecular flexibility index (Phi) is 22.9. The maximum atomic E-state index is 3.39. The Morgan fingerprint density at radius 3 is 0.442 bits per heavy atom. The largest absolute Gasteiger partial charge is 0.176 e. The fourth-order valence-electron chi connectivity index (χ4n) is 8.64. The van der Waals surface area contributed by atoms with E-state index in [4.69, 9.17) is 0 Å². The van der Waals surface area contributed by atoms with Crippen molar-refractivity contribution in [2.75, 3.05) is 0 Å². The summed E-state index contributed by atoms with van der Waals surface area (Å²) in [5.74, 6) is 0. The third-order valence-electron chi connectivity index (χ3n) is 12.1. The van der Waals surface area contributed by atoms with E-state index >= 15 is 0 Å². The molecule has 0 radical (unpaired) electrons. The Morgan fingerprint density at radius 1 is 0.156 bits per heavy atom. The van der Waals surface area contributed by atoms with Gasteiger partial charge in [-0.2, -0.15) is 30.3 Å². The van der Waals surface area contributed by atoms with E-state index in [1.54, 1.807) is 0 Å². The maximum Gasteiger partial charge on any atom is 0 e. The molecule has 0 aliphatic rings. The molecule has 0 aliphatic heterocycles. The smallest absolute Gasteiger partial charge is 0 e. The van der Waals surface area contributed by atoms with E-state index in [9.17, 15) is 0 Å². The van der Waals surface area contributed by atoms with Crippen LogP contribution in [0, 0.1) is 6.07 Å². The number of hydrogen-bond donors (Lipinski definition) is 0. The van der Waals surface area contributed by atoms with Crippen LogP contribution in [0.4, 0.5) is 0 Å². The molecule has 0 unspecified atom stereocenters. The minimum atomic E-state index is -0.502. The number of rotatable bonds is 12. The summed E-state index contributed by atoms with van der Waals surface area (Å²) in [6.07, 6.45) is 0. The first kappa shape index (κ1) is 56.2. The zero-order chi connectivity index (χ0) is 51.7. The van der Waals surface area contributed by atoms with Crippen LogP contribution in [0.15, 0.2) is 358 Å². The van der Waals surface area contributed by atoms with E-state index < -0.39 is 31.7 Å². The first-order valence-corrected chi connectivity index (χ1v) is 30.9. The van der Waals surface area contributed by atoms with E-state index in [1.807, 2.05) is 12.1 Å². The average molecular weight is 1150 g/mol. The van der Waals surface area contributed by atoms with Gasteiger partial charge >= 0.3 is 0 Å². The fourth-order valence-corrected chi connectivity index (χ4v) is 17.8. The van der Waals surface area contributed by atoms with Crippen molar-refractivity contribution < 1.29 is 20.4 Å². The monoisotopic (exact) mass is 1150 g/mol. The van der Waals surface area contributed by atoms with Crippen LogP contribution in [0.2, 0.25) is 0 Å². The van der Waals surface area contributed by atoms with E-state index in [0.29, 0.717) is 0 Å². The molecule has 0 saturated heterocycles. The first-order chi connectivity index (χ1) is 37.8. The van der Waals surface area contributed by atoms with Crippen LogP contribution in [0.1, 0.15) is 0 Å². The molecule has 0 heterocycles. The molecule has 0 aromatic heterocycles. The maximum absolute atomic E-state index is 3.39. The first-order valence-electron chi connectivity index (χ1n) is 25.5. The minimum absolute atomic E-state index is 0. The van der Waals surface area contributed by atoms with Crippen LogP contribution in [-0.4, -0.2) is 0 Å². The molecular weight excluding hydrogens is 1100 g/mol. The third-order valence-corrected chi connectivity index (χ3v) is 21.8. The van der Waals surface area contributed by atoms with Gasteiger partial charge in [0.2, 0.25) is 0 Å². The summed E-state index contributed by atoms with van der Waals surface area (Å²) in [7, 11) is -1.84. The van der Waals surface area contributed by atoms with Crippen LogP contribution in [0.3, 0.4) is 0 Å². The van der Waals surface area contributed by atoms with Crippen molar-refractivity contribution in [3.8, 4) is 0 Å². The second-order valence-corrected chi connectivity index (χ2v) is 26.1. The number of hydrogen-bond acceptors (Lipinski definition) is 0. The zero-order valence-corrected chi connectivity index (χ0v) is 47.8. The topological polar surface area (TPSA) is 0 Å². The summed E-state index contributed by atoms with van der Waals surface area (Å²) in [5.41, 5.74) is 0. The van der Waals surface area contributed by atoms with Crippen molar-refractivity contribution in [3.63, 3.8) is 0 Å². The summed E-state index contributed by atoms with van der Waals surface area (Å²) in [6, 6.07) is 130. The molecule has 0 N–H and O–H groups in total. The normalized spacial score (nSPS) is 10.4. The van der Waals surface area contributed by atoms with Crippen LogP contribution >= 0.6 is 31.7 Å². The van der Waals surface area contributed by atoms with Gasteiger partial charge in [0.15, 0.2) is 0 Å². The Morgan fingerprint density at radius 2 is 0.299 bits per heavy atom. The van der Waals surface area contributed by atoms with Crippen LogP contribution in [-0.2, 0) is 20.4 Å². The Bertz CT molecular complexity index is 2580.